The standard InChI is InChI=1S/C24H26N4O5S/c1-17-3-13-22(14-4-17)34(31,32)28-20-9-7-19(8-10-20)27-24(30)26-16-23(29)25-15-18-5-11-21(33-2)12-6-18/h3-14,28H,15-16H2,1-2H3,(H,25,29)(H2,26,27,30). The number of carbonyl (C=O) groups excluding carboxylic acids is 2. The minimum absolute atomic E-state index is 0.157. The first kappa shape index (κ1) is 24.6. The summed E-state index contributed by atoms with van der Waals surface area (Å²) in [6, 6.07) is 19.4. The van der Waals surface area contributed by atoms with E-state index in [1.165, 1.54) is 24.3 Å². The van der Waals surface area contributed by atoms with Gasteiger partial charge in [-0.25, -0.2) is 13.2 Å². The number of aryl methyl sites for hydroxylation is 1. The number of hydrogen-bond donors (Lipinski definition) is 4. The second-order valence-electron chi connectivity index (χ2n) is 7.43. The van der Waals surface area contributed by atoms with Crippen molar-refractivity contribution in [3.63, 3.8) is 0 Å². The van der Waals surface area contributed by atoms with Gasteiger partial charge < -0.3 is 20.7 Å². The van der Waals surface area contributed by atoms with E-state index in [4.69, 9.17) is 4.74 Å². The Labute approximate surface area is 198 Å². The Morgan fingerprint density at radius 2 is 1.44 bits per heavy atom. The summed E-state index contributed by atoms with van der Waals surface area (Å²) in [4.78, 5) is 24.2. The third-order valence-corrected chi connectivity index (χ3v) is 6.18. The lowest BCUT2D eigenvalue weighted by Gasteiger charge is -2.11. The van der Waals surface area contributed by atoms with Crippen LogP contribution in [0.5, 0.6) is 5.75 Å². The lowest BCUT2D eigenvalue weighted by Crippen LogP contribution is -2.38. The molecule has 0 aliphatic heterocycles. The molecule has 0 spiro atoms. The number of methoxy groups -OCH3 is 1. The molecule has 3 aromatic rings. The molecule has 0 fully saturated rings. The molecule has 0 aliphatic carbocycles. The van der Waals surface area contributed by atoms with Crippen LogP contribution in [0.4, 0.5) is 16.2 Å². The highest BCUT2D eigenvalue weighted by Crippen LogP contribution is 2.19. The summed E-state index contributed by atoms with van der Waals surface area (Å²) in [5, 5.41) is 7.78. The van der Waals surface area contributed by atoms with Crippen LogP contribution in [0.3, 0.4) is 0 Å². The van der Waals surface area contributed by atoms with Crippen molar-refractivity contribution in [3.05, 3.63) is 83.9 Å². The van der Waals surface area contributed by atoms with E-state index in [0.29, 0.717) is 17.9 Å². The van der Waals surface area contributed by atoms with E-state index in [1.54, 1.807) is 43.5 Å². The van der Waals surface area contributed by atoms with Crippen molar-refractivity contribution in [1.29, 1.82) is 0 Å². The summed E-state index contributed by atoms with van der Waals surface area (Å²) >= 11 is 0. The maximum Gasteiger partial charge on any atom is 0.319 e. The molecular formula is C24H26N4O5S. The molecule has 9 nitrogen and oxygen atoms in total. The molecule has 0 aliphatic rings. The van der Waals surface area contributed by atoms with Gasteiger partial charge in [0.25, 0.3) is 10.0 Å². The molecule has 0 radical (unpaired) electrons. The largest absolute Gasteiger partial charge is 0.497 e. The maximum absolute atomic E-state index is 12.5. The second-order valence-corrected chi connectivity index (χ2v) is 9.11. The third kappa shape index (κ3) is 7.24. The van der Waals surface area contributed by atoms with Crippen LogP contribution in [-0.2, 0) is 21.4 Å². The van der Waals surface area contributed by atoms with Crippen LogP contribution in [-0.4, -0.2) is 34.0 Å². The lowest BCUT2D eigenvalue weighted by atomic mass is 10.2. The fourth-order valence-electron chi connectivity index (χ4n) is 2.90. The number of rotatable bonds is 9. The molecule has 178 valence electrons. The molecule has 0 unspecified atom stereocenters. The Kier molecular flexibility index (Phi) is 8.10. The van der Waals surface area contributed by atoms with Crippen LogP contribution in [0.25, 0.3) is 0 Å². The number of amides is 3. The van der Waals surface area contributed by atoms with E-state index < -0.39 is 16.1 Å². The number of nitrogens with one attached hydrogen (secondary N) is 4. The van der Waals surface area contributed by atoms with Crippen molar-refractivity contribution in [3.8, 4) is 5.75 Å². The van der Waals surface area contributed by atoms with Gasteiger partial charge in [-0.3, -0.25) is 9.52 Å². The van der Waals surface area contributed by atoms with Crippen LogP contribution < -0.4 is 25.4 Å². The van der Waals surface area contributed by atoms with Gasteiger partial charge in [0.2, 0.25) is 5.91 Å². The molecule has 3 amide bonds. The van der Waals surface area contributed by atoms with Crippen molar-refractivity contribution >= 4 is 33.3 Å². The molecule has 3 rings (SSSR count). The Morgan fingerprint density at radius 1 is 0.824 bits per heavy atom. The fourth-order valence-corrected chi connectivity index (χ4v) is 3.95. The van der Waals surface area contributed by atoms with E-state index in [2.05, 4.69) is 20.7 Å². The summed E-state index contributed by atoms with van der Waals surface area (Å²) in [6.07, 6.45) is 0. The van der Waals surface area contributed by atoms with Crippen LogP contribution in [0.2, 0.25) is 0 Å². The molecule has 4 N–H and O–H groups in total. The molecule has 0 heterocycles. The van der Waals surface area contributed by atoms with Gasteiger partial charge in [0.15, 0.2) is 0 Å². The summed E-state index contributed by atoms with van der Waals surface area (Å²) in [5.41, 5.74) is 2.65. The number of sulfonamides is 1. The Morgan fingerprint density at radius 3 is 2.06 bits per heavy atom. The van der Waals surface area contributed by atoms with Crippen molar-refractivity contribution in [2.24, 2.45) is 0 Å². The van der Waals surface area contributed by atoms with E-state index in [0.717, 1.165) is 16.9 Å². The molecule has 0 aromatic heterocycles. The summed E-state index contributed by atoms with van der Waals surface area (Å²) in [7, 11) is -2.13. The van der Waals surface area contributed by atoms with Crippen LogP contribution in [0, 0.1) is 6.92 Å². The Bertz CT molecular complexity index is 1230. The SMILES string of the molecule is COc1ccc(CNC(=O)CNC(=O)Nc2ccc(NS(=O)(=O)c3ccc(C)cc3)cc2)cc1. The highest BCUT2D eigenvalue weighted by molar-refractivity contribution is 7.92. The van der Waals surface area contributed by atoms with Gasteiger partial charge in [-0.05, 0) is 61.0 Å². The maximum atomic E-state index is 12.5. The lowest BCUT2D eigenvalue weighted by molar-refractivity contribution is -0.120. The number of hydrogen-bond acceptors (Lipinski definition) is 5. The minimum Gasteiger partial charge on any atom is -0.497 e. The first-order chi connectivity index (χ1) is 16.2. The summed E-state index contributed by atoms with van der Waals surface area (Å²) < 4.78 is 32.5. The topological polar surface area (TPSA) is 126 Å². The van der Waals surface area contributed by atoms with Gasteiger partial charge in [-0.1, -0.05) is 29.8 Å². The van der Waals surface area contributed by atoms with Gasteiger partial charge in [0.1, 0.15) is 5.75 Å². The fraction of sp³-hybridized carbons (Fsp3) is 0.167. The zero-order chi connectivity index (χ0) is 24.6. The number of ether oxygens (including phenoxy) is 1. The van der Waals surface area contributed by atoms with E-state index in [1.807, 2.05) is 19.1 Å². The number of carbonyl (C=O) groups is 2. The zero-order valence-electron chi connectivity index (χ0n) is 18.8. The van der Waals surface area contributed by atoms with Crippen molar-refractivity contribution in [2.75, 3.05) is 23.7 Å². The number of urea groups is 1. The summed E-state index contributed by atoms with van der Waals surface area (Å²) in [5.74, 6) is 0.386. The van der Waals surface area contributed by atoms with Gasteiger partial charge in [-0.15, -0.1) is 0 Å². The van der Waals surface area contributed by atoms with Crippen molar-refractivity contribution in [2.45, 2.75) is 18.4 Å². The van der Waals surface area contributed by atoms with E-state index in [-0.39, 0.29) is 17.3 Å². The average molecular weight is 483 g/mol. The monoisotopic (exact) mass is 482 g/mol. The summed E-state index contributed by atoms with van der Waals surface area (Å²) in [6.45, 7) is 2.00. The van der Waals surface area contributed by atoms with Crippen LogP contribution >= 0.6 is 0 Å². The van der Waals surface area contributed by atoms with Gasteiger partial charge in [0.05, 0.1) is 18.6 Å². The van der Waals surface area contributed by atoms with E-state index in [9.17, 15) is 18.0 Å². The van der Waals surface area contributed by atoms with Gasteiger partial charge in [-0.2, -0.15) is 0 Å². The molecule has 10 heteroatoms. The Balaban J connectivity index is 1.44. The Hall–Kier alpha value is -4.05. The highest BCUT2D eigenvalue weighted by atomic mass is 32.2. The molecule has 34 heavy (non-hydrogen) atoms. The van der Waals surface area contributed by atoms with Crippen molar-refractivity contribution < 1.29 is 22.7 Å². The quantitative estimate of drug-likeness (QED) is 0.373. The molecule has 0 bridgehead atoms. The second kappa shape index (κ2) is 11.2. The first-order valence-corrected chi connectivity index (χ1v) is 11.9. The minimum atomic E-state index is -3.71. The number of anilines is 2. The smallest absolute Gasteiger partial charge is 0.319 e. The van der Waals surface area contributed by atoms with Gasteiger partial charge in [0, 0.05) is 17.9 Å². The average Bonchev–Trinajstić information content (AvgIpc) is 2.83. The predicted molar refractivity (Wildman–Crippen MR) is 130 cm³/mol. The first-order valence-electron chi connectivity index (χ1n) is 10.4. The van der Waals surface area contributed by atoms with Crippen molar-refractivity contribution in [1.82, 2.24) is 10.6 Å². The molecule has 0 saturated heterocycles. The molecular weight excluding hydrogens is 456 g/mol. The normalized spacial score (nSPS) is 10.8. The highest BCUT2D eigenvalue weighted by Gasteiger charge is 2.14. The van der Waals surface area contributed by atoms with Crippen LogP contribution in [0.15, 0.2) is 77.7 Å². The molecule has 0 atom stereocenters. The van der Waals surface area contributed by atoms with Crippen LogP contribution in [0.1, 0.15) is 11.1 Å². The predicted octanol–water partition coefficient (Wildman–Crippen LogP) is 3.24. The van der Waals surface area contributed by atoms with Gasteiger partial charge >= 0.3 is 6.03 Å². The zero-order valence-corrected chi connectivity index (χ0v) is 19.6. The van der Waals surface area contributed by atoms with E-state index >= 15 is 0 Å². The number of benzene rings is 3. The third-order valence-electron chi connectivity index (χ3n) is 4.78. The molecule has 3 aromatic carbocycles. The molecule has 0 saturated carbocycles.